The third kappa shape index (κ3) is 6.14. The SMILES string of the molecule is [O-]POC(F)(F)F. The van der Waals surface area contributed by atoms with Crippen molar-refractivity contribution in [1.82, 2.24) is 0 Å². The van der Waals surface area contributed by atoms with E-state index in [2.05, 4.69) is 4.52 Å². The van der Waals surface area contributed by atoms with Crippen molar-refractivity contribution in [3.05, 3.63) is 0 Å². The Balaban J connectivity index is 3.15. The summed E-state index contributed by atoms with van der Waals surface area (Å²) in [6.45, 7) is 0. The number of hydrogen-bond acceptors (Lipinski definition) is 2. The Morgan fingerprint density at radius 2 is 1.86 bits per heavy atom. The van der Waals surface area contributed by atoms with E-state index in [1.165, 1.54) is 0 Å². The molecular weight excluding hydrogens is 132 g/mol. The summed E-state index contributed by atoms with van der Waals surface area (Å²) >= 11 is 0. The molecule has 0 saturated carbocycles. The third-order valence-electron chi connectivity index (χ3n) is 0.157. The zero-order chi connectivity index (χ0) is 5.91. The van der Waals surface area contributed by atoms with Crippen LogP contribution in [0.25, 0.3) is 0 Å². The topological polar surface area (TPSA) is 32.3 Å². The summed E-state index contributed by atoms with van der Waals surface area (Å²) in [6.07, 6.45) is -4.75. The predicted octanol–water partition coefficient (Wildman–Crippen LogP) is 0.392. The zero-order valence-electron chi connectivity index (χ0n) is 2.95. The fraction of sp³-hybridized carbons (Fsp3) is 1.00. The fourth-order valence-corrected chi connectivity index (χ4v) is 0.142. The molecule has 0 aliphatic rings. The Hall–Kier alpha value is 0.140. The molecule has 0 aromatic heterocycles. The average molecular weight is 133 g/mol. The standard InChI is InChI=1S/CHF3O2P/c2-1(3,4)6-7-5/h7H/q-1. The molecule has 44 valence electrons. The van der Waals surface area contributed by atoms with Crippen LogP contribution in [0, 0.1) is 0 Å². The summed E-state index contributed by atoms with van der Waals surface area (Å²) in [5, 5.41) is 0. The van der Waals surface area contributed by atoms with Crippen molar-refractivity contribution in [3.8, 4) is 0 Å². The zero-order valence-corrected chi connectivity index (χ0v) is 3.95. The molecule has 0 radical (unpaired) electrons. The molecule has 0 amide bonds. The van der Waals surface area contributed by atoms with Crippen LogP contribution in [0.1, 0.15) is 0 Å². The Bertz CT molecular complexity index is 51.4. The van der Waals surface area contributed by atoms with Crippen LogP contribution in [0.15, 0.2) is 0 Å². The summed E-state index contributed by atoms with van der Waals surface area (Å²) in [5.41, 5.74) is 0. The van der Waals surface area contributed by atoms with E-state index in [1.54, 1.807) is 0 Å². The lowest BCUT2D eigenvalue weighted by atomic mass is 11.4. The van der Waals surface area contributed by atoms with Gasteiger partial charge >= 0.3 is 6.36 Å². The van der Waals surface area contributed by atoms with Crippen LogP contribution in [-0.2, 0) is 4.52 Å². The normalized spacial score (nSPS) is 13.7. The van der Waals surface area contributed by atoms with Gasteiger partial charge in [0.05, 0.1) is 0 Å². The van der Waals surface area contributed by atoms with Crippen LogP contribution in [-0.4, -0.2) is 6.36 Å². The molecule has 0 heterocycles. The molecule has 0 bridgehead atoms. The molecular formula is CHF3O2P-. The number of alkyl halides is 3. The lowest BCUT2D eigenvalue weighted by Gasteiger charge is -2.07. The van der Waals surface area contributed by atoms with Crippen molar-refractivity contribution in [3.63, 3.8) is 0 Å². The van der Waals surface area contributed by atoms with Crippen molar-refractivity contribution < 1.29 is 22.6 Å². The first-order valence-corrected chi connectivity index (χ1v) is 2.00. The van der Waals surface area contributed by atoms with Crippen LogP contribution >= 0.6 is 9.03 Å². The molecule has 0 spiro atoms. The quantitative estimate of drug-likeness (QED) is 0.484. The van der Waals surface area contributed by atoms with Gasteiger partial charge in [0.2, 0.25) is 0 Å². The van der Waals surface area contributed by atoms with Gasteiger partial charge in [-0.15, -0.1) is 13.2 Å². The Labute approximate surface area is 39.2 Å². The van der Waals surface area contributed by atoms with Crippen LogP contribution in [0.4, 0.5) is 13.2 Å². The van der Waals surface area contributed by atoms with Gasteiger partial charge in [-0.3, -0.25) is 4.52 Å². The van der Waals surface area contributed by atoms with Crippen LogP contribution in [0.3, 0.4) is 0 Å². The minimum atomic E-state index is -4.75. The van der Waals surface area contributed by atoms with Crippen LogP contribution < -0.4 is 4.89 Å². The highest BCUT2D eigenvalue weighted by Gasteiger charge is 2.26. The fourth-order valence-electron chi connectivity index (χ4n) is 0.0472. The van der Waals surface area contributed by atoms with Gasteiger partial charge in [-0.1, -0.05) is 9.03 Å². The molecule has 7 heavy (non-hydrogen) atoms. The minimum Gasteiger partial charge on any atom is -0.810 e. The smallest absolute Gasteiger partial charge is 0.524 e. The lowest BCUT2D eigenvalue weighted by Crippen LogP contribution is -2.08. The van der Waals surface area contributed by atoms with Crippen LogP contribution in [0.2, 0.25) is 0 Å². The first kappa shape index (κ1) is 7.14. The van der Waals surface area contributed by atoms with Crippen molar-refractivity contribution >= 4 is 9.03 Å². The number of hydrogen-bond donors (Lipinski definition) is 0. The maximum atomic E-state index is 10.6. The molecule has 1 atom stereocenters. The summed E-state index contributed by atoms with van der Waals surface area (Å²) < 4.78 is 34.6. The molecule has 0 N–H and O–H groups in total. The monoisotopic (exact) mass is 133 g/mol. The van der Waals surface area contributed by atoms with Gasteiger partial charge in [0.15, 0.2) is 0 Å². The van der Waals surface area contributed by atoms with E-state index >= 15 is 0 Å². The van der Waals surface area contributed by atoms with Gasteiger partial charge in [0, 0.05) is 0 Å². The van der Waals surface area contributed by atoms with E-state index in [0.29, 0.717) is 0 Å². The molecule has 0 rings (SSSR count). The van der Waals surface area contributed by atoms with Gasteiger partial charge in [0.1, 0.15) is 0 Å². The van der Waals surface area contributed by atoms with Gasteiger partial charge < -0.3 is 4.89 Å². The Kier molecular flexibility index (Phi) is 2.50. The highest BCUT2D eigenvalue weighted by molar-refractivity contribution is 7.23. The Morgan fingerprint density at radius 1 is 1.43 bits per heavy atom. The van der Waals surface area contributed by atoms with Crippen molar-refractivity contribution in [2.45, 2.75) is 6.36 Å². The van der Waals surface area contributed by atoms with Crippen molar-refractivity contribution in [1.29, 1.82) is 0 Å². The molecule has 2 nitrogen and oxygen atoms in total. The first-order valence-electron chi connectivity index (χ1n) is 1.18. The molecule has 0 aliphatic carbocycles. The van der Waals surface area contributed by atoms with Gasteiger partial charge in [-0.2, -0.15) is 0 Å². The van der Waals surface area contributed by atoms with E-state index < -0.39 is 15.4 Å². The van der Waals surface area contributed by atoms with E-state index in [9.17, 15) is 13.2 Å². The third-order valence-corrected chi connectivity index (χ3v) is 0.472. The molecule has 1 unspecified atom stereocenters. The lowest BCUT2D eigenvalue weighted by molar-refractivity contribution is -0.294. The molecule has 0 aromatic carbocycles. The van der Waals surface area contributed by atoms with Gasteiger partial charge in [0.25, 0.3) is 0 Å². The molecule has 0 aromatic rings. The second kappa shape index (κ2) is 2.45. The minimum absolute atomic E-state index is 1.77. The van der Waals surface area contributed by atoms with E-state index in [4.69, 9.17) is 4.89 Å². The number of rotatable bonds is 1. The van der Waals surface area contributed by atoms with E-state index in [0.717, 1.165) is 0 Å². The van der Waals surface area contributed by atoms with Crippen molar-refractivity contribution in [2.24, 2.45) is 0 Å². The summed E-state index contributed by atoms with van der Waals surface area (Å²) in [6, 6.07) is 0. The largest absolute Gasteiger partial charge is 0.810 e. The highest BCUT2D eigenvalue weighted by Crippen LogP contribution is 2.22. The first-order chi connectivity index (χ1) is 3.06. The van der Waals surface area contributed by atoms with E-state index in [-0.39, 0.29) is 0 Å². The maximum Gasteiger partial charge on any atom is 0.524 e. The van der Waals surface area contributed by atoms with Gasteiger partial charge in [-0.05, 0) is 0 Å². The molecule has 6 heteroatoms. The summed E-state index contributed by atoms with van der Waals surface area (Å²) in [4.78, 5) is 9.03. The summed E-state index contributed by atoms with van der Waals surface area (Å²) in [7, 11) is -1.77. The predicted molar refractivity (Wildman–Crippen MR) is 15.5 cm³/mol. The molecule has 0 saturated heterocycles. The second-order valence-electron chi connectivity index (χ2n) is 0.631. The Morgan fingerprint density at radius 3 is 1.86 bits per heavy atom. The van der Waals surface area contributed by atoms with Crippen molar-refractivity contribution in [2.75, 3.05) is 0 Å². The van der Waals surface area contributed by atoms with Gasteiger partial charge in [-0.25, -0.2) is 0 Å². The summed E-state index contributed by atoms with van der Waals surface area (Å²) in [5.74, 6) is 0. The van der Waals surface area contributed by atoms with Crippen LogP contribution in [0.5, 0.6) is 0 Å². The number of halogens is 3. The van der Waals surface area contributed by atoms with E-state index in [1.807, 2.05) is 0 Å². The maximum absolute atomic E-state index is 10.6. The molecule has 0 fully saturated rings. The average Bonchev–Trinajstić information content (AvgIpc) is 1.30. The highest BCUT2D eigenvalue weighted by atomic mass is 31.1. The second-order valence-corrected chi connectivity index (χ2v) is 1.00. The molecule has 0 aliphatic heterocycles.